The van der Waals surface area contributed by atoms with Crippen LogP contribution in [0.2, 0.25) is 0 Å². The molecule has 1 rings (SSSR count). The number of carboxylic acid groups (broad SMARTS) is 1. The molecule has 104 valence electrons. The molecule has 0 aliphatic rings. The lowest BCUT2D eigenvalue weighted by Crippen LogP contribution is -2.27. The Morgan fingerprint density at radius 2 is 2.05 bits per heavy atom. The molecule has 2 unspecified atom stereocenters. The summed E-state index contributed by atoms with van der Waals surface area (Å²) in [5.74, 6) is -1.38. The van der Waals surface area contributed by atoms with Crippen molar-refractivity contribution in [3.8, 4) is 0 Å². The van der Waals surface area contributed by atoms with E-state index in [1.165, 1.54) is 19.2 Å². The highest BCUT2D eigenvalue weighted by atomic mass is 16.4. The van der Waals surface area contributed by atoms with Crippen molar-refractivity contribution in [2.24, 2.45) is 0 Å². The van der Waals surface area contributed by atoms with Crippen LogP contribution in [-0.2, 0) is 4.79 Å². The van der Waals surface area contributed by atoms with E-state index in [1.54, 1.807) is 0 Å². The maximum Gasteiger partial charge on any atom is 0.337 e. The summed E-state index contributed by atoms with van der Waals surface area (Å²) in [6.07, 6.45) is 0.234. The van der Waals surface area contributed by atoms with Crippen molar-refractivity contribution in [2.75, 3.05) is 6.54 Å². The quantitative estimate of drug-likeness (QED) is 0.562. The SMILES string of the molecule is CC(=O)NCCC(O)C(O)c1cncc(C(=O)O)c1. The summed E-state index contributed by atoms with van der Waals surface area (Å²) < 4.78 is 0. The highest BCUT2D eigenvalue weighted by molar-refractivity contribution is 5.87. The minimum atomic E-state index is -1.25. The number of nitrogens with zero attached hydrogens (tertiary/aromatic N) is 1. The second-order valence-corrected chi connectivity index (χ2v) is 4.10. The van der Waals surface area contributed by atoms with Crippen LogP contribution in [0.5, 0.6) is 0 Å². The molecule has 4 N–H and O–H groups in total. The van der Waals surface area contributed by atoms with Crippen LogP contribution in [0.3, 0.4) is 0 Å². The van der Waals surface area contributed by atoms with E-state index < -0.39 is 18.2 Å². The Kier molecular flexibility index (Phi) is 5.40. The molecule has 2 atom stereocenters. The lowest BCUT2D eigenvalue weighted by molar-refractivity contribution is -0.119. The van der Waals surface area contributed by atoms with Gasteiger partial charge in [-0.1, -0.05) is 0 Å². The molecule has 0 bridgehead atoms. The largest absolute Gasteiger partial charge is 0.478 e. The number of hydrogen-bond donors (Lipinski definition) is 4. The summed E-state index contributed by atoms with van der Waals surface area (Å²) in [5.41, 5.74) is 0.154. The number of carbonyl (C=O) groups is 2. The van der Waals surface area contributed by atoms with E-state index in [9.17, 15) is 19.8 Å². The fraction of sp³-hybridized carbons (Fsp3) is 0.417. The summed E-state index contributed by atoms with van der Waals surface area (Å²) >= 11 is 0. The van der Waals surface area contributed by atoms with E-state index >= 15 is 0 Å². The number of hydrogen-bond acceptors (Lipinski definition) is 5. The Morgan fingerprint density at radius 1 is 1.37 bits per heavy atom. The van der Waals surface area contributed by atoms with Crippen LogP contribution in [0.4, 0.5) is 0 Å². The third kappa shape index (κ3) is 4.65. The van der Waals surface area contributed by atoms with Crippen LogP contribution < -0.4 is 5.32 Å². The number of aliphatic hydroxyl groups is 2. The van der Waals surface area contributed by atoms with Crippen LogP contribution in [0.25, 0.3) is 0 Å². The monoisotopic (exact) mass is 268 g/mol. The molecule has 0 saturated carbocycles. The zero-order chi connectivity index (χ0) is 14.4. The van der Waals surface area contributed by atoms with Gasteiger partial charge < -0.3 is 20.6 Å². The number of aliphatic hydroxyl groups excluding tert-OH is 2. The van der Waals surface area contributed by atoms with Crippen molar-refractivity contribution < 1.29 is 24.9 Å². The fourth-order valence-electron chi connectivity index (χ4n) is 1.51. The van der Waals surface area contributed by atoms with E-state index in [0.29, 0.717) is 0 Å². The number of rotatable bonds is 6. The van der Waals surface area contributed by atoms with Gasteiger partial charge in [0.2, 0.25) is 5.91 Å². The Morgan fingerprint density at radius 3 is 2.63 bits per heavy atom. The second kappa shape index (κ2) is 6.81. The first-order chi connectivity index (χ1) is 8.91. The number of carbonyl (C=O) groups excluding carboxylic acids is 1. The van der Waals surface area contributed by atoms with Crippen molar-refractivity contribution in [1.29, 1.82) is 0 Å². The molecule has 0 saturated heterocycles. The van der Waals surface area contributed by atoms with Gasteiger partial charge in [0.05, 0.1) is 11.7 Å². The molecule has 0 aromatic carbocycles. The molecular formula is C12H16N2O5. The van der Waals surface area contributed by atoms with Crippen molar-refractivity contribution in [3.63, 3.8) is 0 Å². The van der Waals surface area contributed by atoms with Gasteiger partial charge in [-0.2, -0.15) is 0 Å². The average Bonchev–Trinajstić information content (AvgIpc) is 2.37. The third-order valence-electron chi connectivity index (χ3n) is 2.53. The van der Waals surface area contributed by atoms with Crippen LogP contribution in [0, 0.1) is 0 Å². The van der Waals surface area contributed by atoms with E-state index in [-0.39, 0.29) is 30.0 Å². The lowest BCUT2D eigenvalue weighted by atomic mass is 10.0. The molecule has 1 aromatic heterocycles. The van der Waals surface area contributed by atoms with Crippen LogP contribution in [-0.4, -0.2) is 44.8 Å². The Bertz CT molecular complexity index is 463. The summed E-state index contributed by atoms with van der Waals surface area (Å²) in [5, 5.41) is 30.9. The molecule has 19 heavy (non-hydrogen) atoms. The van der Waals surface area contributed by atoms with Gasteiger partial charge in [0.15, 0.2) is 0 Å². The van der Waals surface area contributed by atoms with E-state index in [0.717, 1.165) is 6.20 Å². The van der Waals surface area contributed by atoms with E-state index in [2.05, 4.69) is 10.3 Å². The van der Waals surface area contributed by atoms with Gasteiger partial charge in [-0.25, -0.2) is 4.79 Å². The van der Waals surface area contributed by atoms with Crippen LogP contribution in [0.15, 0.2) is 18.5 Å². The Balaban J connectivity index is 2.65. The Labute approximate surface area is 109 Å². The first-order valence-electron chi connectivity index (χ1n) is 5.70. The summed E-state index contributed by atoms with van der Waals surface area (Å²) in [7, 11) is 0. The highest BCUT2D eigenvalue weighted by Crippen LogP contribution is 2.18. The van der Waals surface area contributed by atoms with E-state index in [4.69, 9.17) is 5.11 Å². The first kappa shape index (κ1) is 15.1. The fourth-order valence-corrected chi connectivity index (χ4v) is 1.51. The maximum atomic E-state index is 10.8. The van der Waals surface area contributed by atoms with Crippen molar-refractivity contribution in [3.05, 3.63) is 29.6 Å². The molecule has 7 heteroatoms. The molecule has 0 aliphatic heterocycles. The standard InChI is InChI=1S/C12H16N2O5/c1-7(15)14-3-2-10(16)11(17)8-4-9(12(18)19)6-13-5-8/h4-6,10-11,16-17H,2-3H2,1H3,(H,14,15)(H,18,19). The molecule has 7 nitrogen and oxygen atoms in total. The molecule has 1 amide bonds. The van der Waals surface area contributed by atoms with Gasteiger partial charge in [0.25, 0.3) is 0 Å². The second-order valence-electron chi connectivity index (χ2n) is 4.10. The van der Waals surface area contributed by atoms with Gasteiger partial charge in [-0.3, -0.25) is 9.78 Å². The predicted molar refractivity (Wildman–Crippen MR) is 65.5 cm³/mol. The minimum Gasteiger partial charge on any atom is -0.478 e. The smallest absolute Gasteiger partial charge is 0.337 e. The molecule has 0 fully saturated rings. The highest BCUT2D eigenvalue weighted by Gasteiger charge is 2.19. The minimum absolute atomic E-state index is 0.0642. The van der Waals surface area contributed by atoms with Gasteiger partial charge in [-0.05, 0) is 12.5 Å². The number of aromatic carboxylic acids is 1. The van der Waals surface area contributed by atoms with Gasteiger partial charge in [0, 0.05) is 31.4 Å². The zero-order valence-corrected chi connectivity index (χ0v) is 10.4. The van der Waals surface area contributed by atoms with Gasteiger partial charge >= 0.3 is 5.97 Å². The first-order valence-corrected chi connectivity index (χ1v) is 5.70. The normalized spacial score (nSPS) is 13.6. The molecule has 1 heterocycles. The molecule has 0 spiro atoms. The molecule has 1 aromatic rings. The lowest BCUT2D eigenvalue weighted by Gasteiger charge is -2.18. The van der Waals surface area contributed by atoms with Gasteiger partial charge in [-0.15, -0.1) is 0 Å². The van der Waals surface area contributed by atoms with Crippen molar-refractivity contribution >= 4 is 11.9 Å². The number of pyridine rings is 1. The molecule has 0 radical (unpaired) electrons. The van der Waals surface area contributed by atoms with Crippen molar-refractivity contribution in [1.82, 2.24) is 10.3 Å². The number of nitrogens with one attached hydrogen (secondary N) is 1. The zero-order valence-electron chi connectivity index (χ0n) is 10.4. The maximum absolute atomic E-state index is 10.8. The number of carboxylic acids is 1. The summed E-state index contributed by atoms with van der Waals surface area (Å²) in [6, 6.07) is 1.25. The van der Waals surface area contributed by atoms with Crippen molar-refractivity contribution in [2.45, 2.75) is 25.6 Å². The van der Waals surface area contributed by atoms with Gasteiger partial charge in [0.1, 0.15) is 6.10 Å². The van der Waals surface area contributed by atoms with E-state index in [1.807, 2.05) is 0 Å². The van der Waals surface area contributed by atoms with Crippen LogP contribution in [0.1, 0.15) is 35.4 Å². The average molecular weight is 268 g/mol. The predicted octanol–water partition coefficient (Wildman–Crippen LogP) is -0.300. The Hall–Kier alpha value is -1.99. The van der Waals surface area contributed by atoms with Crippen LogP contribution >= 0.6 is 0 Å². The molecule has 0 aliphatic carbocycles. The topological polar surface area (TPSA) is 120 Å². The number of amides is 1. The summed E-state index contributed by atoms with van der Waals surface area (Å²) in [6.45, 7) is 1.57. The number of aromatic nitrogens is 1. The summed E-state index contributed by atoms with van der Waals surface area (Å²) in [4.78, 5) is 25.1. The third-order valence-corrected chi connectivity index (χ3v) is 2.53. The molecular weight excluding hydrogens is 252 g/mol.